The number of ether oxygens (including phenoxy) is 1. The Hall–Kier alpha value is -1.74. The van der Waals surface area contributed by atoms with Crippen LogP contribution in [0.2, 0.25) is 0 Å². The summed E-state index contributed by atoms with van der Waals surface area (Å²) in [6, 6.07) is 12.3. The third kappa shape index (κ3) is 3.77. The average molecular weight is 380 g/mol. The van der Waals surface area contributed by atoms with Crippen LogP contribution in [0, 0.1) is 0 Å². The van der Waals surface area contributed by atoms with Gasteiger partial charge in [0.1, 0.15) is 10.3 Å². The lowest BCUT2D eigenvalue weighted by molar-refractivity contribution is -0.147. The molecule has 1 aromatic heterocycles. The smallest absolute Gasteiger partial charge is 0.327 e. The molecule has 6 nitrogen and oxygen atoms in total. The van der Waals surface area contributed by atoms with Crippen molar-refractivity contribution in [3.05, 3.63) is 53.4 Å². The number of hydrogen-bond acceptors (Lipinski definition) is 6. The van der Waals surface area contributed by atoms with Gasteiger partial charge in [-0.25, -0.2) is 13.2 Å². The first-order valence-electron chi connectivity index (χ1n) is 7.94. The largest absolute Gasteiger partial charge is 0.468 e. The highest BCUT2D eigenvalue weighted by molar-refractivity contribution is 7.91. The Morgan fingerprint density at radius 2 is 1.76 bits per heavy atom. The first-order chi connectivity index (χ1) is 12.0. The number of carbonyl (C=O) groups excluding carboxylic acids is 1. The number of rotatable bonds is 5. The first-order valence-corrected chi connectivity index (χ1v) is 10.3. The molecule has 0 aliphatic carbocycles. The van der Waals surface area contributed by atoms with E-state index in [2.05, 4.69) is 0 Å². The lowest BCUT2D eigenvalue weighted by Gasteiger charge is -2.37. The van der Waals surface area contributed by atoms with E-state index >= 15 is 0 Å². The standard InChI is InChI=1S/C17H20N2O4S2/c1-23-17(20)16(14-6-3-2-4-7-14)18-9-11-19(12-10-18)25(21,22)15-8-5-13-24-15/h2-8,13,16H,9-12H2,1H3. The highest BCUT2D eigenvalue weighted by atomic mass is 32.2. The molecule has 8 heteroatoms. The van der Waals surface area contributed by atoms with Crippen molar-refractivity contribution in [1.29, 1.82) is 0 Å². The van der Waals surface area contributed by atoms with Gasteiger partial charge in [0.05, 0.1) is 7.11 Å². The number of esters is 1. The lowest BCUT2D eigenvalue weighted by Crippen LogP contribution is -2.50. The maximum absolute atomic E-state index is 12.6. The van der Waals surface area contributed by atoms with Crippen LogP contribution in [0.15, 0.2) is 52.1 Å². The summed E-state index contributed by atoms with van der Waals surface area (Å²) in [7, 11) is -2.08. The molecule has 1 unspecified atom stereocenters. The van der Waals surface area contributed by atoms with Gasteiger partial charge in [0, 0.05) is 26.2 Å². The molecule has 0 N–H and O–H groups in total. The van der Waals surface area contributed by atoms with Gasteiger partial charge < -0.3 is 4.74 Å². The molecule has 134 valence electrons. The third-order valence-corrected chi connectivity index (χ3v) is 7.54. The van der Waals surface area contributed by atoms with Crippen LogP contribution in [-0.2, 0) is 19.6 Å². The van der Waals surface area contributed by atoms with Crippen LogP contribution < -0.4 is 0 Å². The lowest BCUT2D eigenvalue weighted by atomic mass is 10.0. The minimum absolute atomic E-state index is 0.333. The number of sulfonamides is 1. The molecule has 0 amide bonds. The van der Waals surface area contributed by atoms with Gasteiger partial charge in [-0.3, -0.25) is 4.90 Å². The maximum atomic E-state index is 12.6. The van der Waals surface area contributed by atoms with Crippen LogP contribution in [0.25, 0.3) is 0 Å². The molecular weight excluding hydrogens is 360 g/mol. The highest BCUT2D eigenvalue weighted by Gasteiger charge is 2.35. The van der Waals surface area contributed by atoms with E-state index in [-0.39, 0.29) is 5.97 Å². The van der Waals surface area contributed by atoms with Gasteiger partial charge in [-0.2, -0.15) is 4.31 Å². The second kappa shape index (κ2) is 7.65. The Kier molecular flexibility index (Phi) is 5.53. The van der Waals surface area contributed by atoms with E-state index in [9.17, 15) is 13.2 Å². The molecule has 2 aromatic rings. The summed E-state index contributed by atoms with van der Waals surface area (Å²) in [6.07, 6.45) is 0. The zero-order chi connectivity index (χ0) is 17.9. The molecule has 0 bridgehead atoms. The number of nitrogens with zero attached hydrogens (tertiary/aromatic N) is 2. The summed E-state index contributed by atoms with van der Waals surface area (Å²) in [4.78, 5) is 14.3. The first kappa shape index (κ1) is 18.1. The van der Waals surface area contributed by atoms with Crippen LogP contribution in [0.3, 0.4) is 0 Å². The minimum atomic E-state index is -3.45. The van der Waals surface area contributed by atoms with Gasteiger partial charge in [0.15, 0.2) is 0 Å². The van der Waals surface area contributed by atoms with Crippen molar-refractivity contribution in [3.63, 3.8) is 0 Å². The minimum Gasteiger partial charge on any atom is -0.468 e. The quantitative estimate of drug-likeness (QED) is 0.742. The van der Waals surface area contributed by atoms with E-state index in [4.69, 9.17) is 4.74 Å². The predicted molar refractivity (Wildman–Crippen MR) is 95.8 cm³/mol. The zero-order valence-electron chi connectivity index (χ0n) is 13.9. The summed E-state index contributed by atoms with van der Waals surface area (Å²) >= 11 is 1.22. The molecular formula is C17H20N2O4S2. The molecule has 1 saturated heterocycles. The fraction of sp³-hybridized carbons (Fsp3) is 0.353. The van der Waals surface area contributed by atoms with Gasteiger partial charge in [-0.1, -0.05) is 36.4 Å². The Bertz CT molecular complexity index is 798. The number of carbonyl (C=O) groups is 1. The Morgan fingerprint density at radius 1 is 1.08 bits per heavy atom. The van der Waals surface area contributed by atoms with Gasteiger partial charge in [-0.05, 0) is 17.0 Å². The topological polar surface area (TPSA) is 66.9 Å². The summed E-state index contributed by atoms with van der Waals surface area (Å²) in [6.45, 7) is 1.64. The number of benzene rings is 1. The van der Waals surface area contributed by atoms with Crippen molar-refractivity contribution in [2.24, 2.45) is 0 Å². The molecule has 25 heavy (non-hydrogen) atoms. The maximum Gasteiger partial charge on any atom is 0.327 e. The number of thiophene rings is 1. The summed E-state index contributed by atoms with van der Waals surface area (Å²) in [5.41, 5.74) is 0.851. The summed E-state index contributed by atoms with van der Waals surface area (Å²) in [5.74, 6) is -0.333. The van der Waals surface area contributed by atoms with Crippen LogP contribution in [-0.4, -0.2) is 56.9 Å². The summed E-state index contributed by atoms with van der Waals surface area (Å²) in [5, 5.41) is 1.76. The molecule has 0 radical (unpaired) electrons. The van der Waals surface area contributed by atoms with Gasteiger partial charge in [-0.15, -0.1) is 11.3 Å². The van der Waals surface area contributed by atoms with Crippen LogP contribution in [0.5, 0.6) is 0 Å². The molecule has 1 aromatic carbocycles. The molecule has 1 aliphatic rings. The second-order valence-corrected chi connectivity index (χ2v) is 8.82. The Morgan fingerprint density at radius 3 is 2.32 bits per heavy atom. The van der Waals surface area contributed by atoms with Crippen molar-refractivity contribution in [1.82, 2.24) is 9.21 Å². The zero-order valence-corrected chi connectivity index (χ0v) is 15.5. The predicted octanol–water partition coefficient (Wildman–Crippen LogP) is 1.97. The number of methoxy groups -OCH3 is 1. The van der Waals surface area contributed by atoms with E-state index in [1.807, 2.05) is 35.2 Å². The third-order valence-electron chi connectivity index (χ3n) is 4.27. The van der Waals surface area contributed by atoms with Crippen molar-refractivity contribution < 1.29 is 17.9 Å². The Balaban J connectivity index is 1.75. The van der Waals surface area contributed by atoms with Crippen LogP contribution in [0.4, 0.5) is 0 Å². The number of hydrogen-bond donors (Lipinski definition) is 0. The molecule has 0 saturated carbocycles. The average Bonchev–Trinajstić information content (AvgIpc) is 3.19. The van der Waals surface area contributed by atoms with Gasteiger partial charge in [0.25, 0.3) is 10.0 Å². The van der Waals surface area contributed by atoms with Crippen molar-refractivity contribution in [3.8, 4) is 0 Å². The van der Waals surface area contributed by atoms with Crippen molar-refractivity contribution in [2.45, 2.75) is 10.3 Å². The normalized spacial score (nSPS) is 18.0. The molecule has 2 heterocycles. The van der Waals surface area contributed by atoms with E-state index in [0.29, 0.717) is 30.4 Å². The molecule has 1 aliphatic heterocycles. The van der Waals surface area contributed by atoms with Crippen molar-refractivity contribution in [2.75, 3.05) is 33.3 Å². The van der Waals surface area contributed by atoms with Crippen LogP contribution >= 0.6 is 11.3 Å². The fourth-order valence-corrected chi connectivity index (χ4v) is 5.55. The molecule has 1 atom stereocenters. The second-order valence-electron chi connectivity index (χ2n) is 5.71. The van der Waals surface area contributed by atoms with E-state index in [1.54, 1.807) is 17.5 Å². The molecule has 1 fully saturated rings. The Labute approximate surface area is 151 Å². The highest BCUT2D eigenvalue weighted by Crippen LogP contribution is 2.26. The van der Waals surface area contributed by atoms with Crippen LogP contribution in [0.1, 0.15) is 11.6 Å². The van der Waals surface area contributed by atoms with Gasteiger partial charge >= 0.3 is 5.97 Å². The van der Waals surface area contributed by atoms with Gasteiger partial charge in [0.2, 0.25) is 0 Å². The fourth-order valence-electron chi connectivity index (χ4n) is 2.98. The van der Waals surface area contributed by atoms with E-state index in [1.165, 1.54) is 22.8 Å². The van der Waals surface area contributed by atoms with Crippen molar-refractivity contribution >= 4 is 27.3 Å². The summed E-state index contributed by atoms with van der Waals surface area (Å²) < 4.78 is 32.0. The molecule has 3 rings (SSSR count). The monoisotopic (exact) mass is 380 g/mol. The van der Waals surface area contributed by atoms with E-state index in [0.717, 1.165) is 5.56 Å². The number of piperazine rings is 1. The molecule has 0 spiro atoms. The van der Waals surface area contributed by atoms with E-state index < -0.39 is 16.1 Å². The SMILES string of the molecule is COC(=O)C(c1ccccc1)N1CCN(S(=O)(=O)c2cccs2)CC1.